The highest BCUT2D eigenvalue weighted by atomic mass is 19.4. The molecule has 1 aliphatic rings. The van der Waals surface area contributed by atoms with Gasteiger partial charge in [-0.1, -0.05) is 47.5 Å². The van der Waals surface area contributed by atoms with Gasteiger partial charge in [0, 0.05) is 12.1 Å². The Labute approximate surface area is 201 Å². The fourth-order valence-electron chi connectivity index (χ4n) is 4.94. The number of aryl methyl sites for hydroxylation is 2. The van der Waals surface area contributed by atoms with Crippen molar-refractivity contribution in [1.29, 1.82) is 0 Å². The zero-order chi connectivity index (χ0) is 25.0. The van der Waals surface area contributed by atoms with Gasteiger partial charge in [0.25, 0.3) is 5.91 Å². The van der Waals surface area contributed by atoms with Gasteiger partial charge in [0.05, 0.1) is 22.1 Å². The number of benzene rings is 3. The van der Waals surface area contributed by atoms with E-state index >= 15 is 0 Å². The van der Waals surface area contributed by atoms with Crippen LogP contribution in [-0.2, 0) is 11.7 Å². The normalized spacial score (nSPS) is 18.4. The van der Waals surface area contributed by atoms with Gasteiger partial charge in [0.15, 0.2) is 0 Å². The van der Waals surface area contributed by atoms with E-state index in [-0.39, 0.29) is 5.91 Å². The van der Waals surface area contributed by atoms with E-state index in [1.54, 1.807) is 0 Å². The molecule has 1 aromatic heterocycles. The Hall–Kier alpha value is -3.61. The largest absolute Gasteiger partial charge is 0.416 e. The monoisotopic (exact) mass is 477 g/mol. The summed E-state index contributed by atoms with van der Waals surface area (Å²) in [5.74, 6) is 0.392. The Bertz CT molecular complexity index is 1420. The van der Waals surface area contributed by atoms with Gasteiger partial charge in [-0.05, 0) is 69.0 Å². The van der Waals surface area contributed by atoms with Gasteiger partial charge in [0.2, 0.25) is 0 Å². The molecule has 0 unspecified atom stereocenters. The summed E-state index contributed by atoms with van der Waals surface area (Å²) in [5, 5.41) is 0. The predicted octanol–water partition coefficient (Wildman–Crippen LogP) is 7.02. The van der Waals surface area contributed by atoms with Crippen molar-refractivity contribution >= 4 is 16.9 Å². The number of likely N-dealkylation sites (tertiary alicyclic amines) is 1. The number of hydrogen-bond acceptors (Lipinski definition) is 2. The number of nitrogens with one attached hydrogen (secondary N) is 1. The highest BCUT2D eigenvalue weighted by Crippen LogP contribution is 2.40. The van der Waals surface area contributed by atoms with Crippen LogP contribution in [0.5, 0.6) is 0 Å². The molecule has 1 saturated heterocycles. The molecule has 0 aliphatic carbocycles. The third-order valence-corrected chi connectivity index (χ3v) is 6.97. The maximum atomic E-state index is 14.0. The first-order valence-corrected chi connectivity index (χ1v) is 11.6. The van der Waals surface area contributed by atoms with Crippen molar-refractivity contribution in [3.05, 3.63) is 88.7 Å². The molecule has 0 bridgehead atoms. The number of alkyl halides is 3. The molecule has 4 nitrogen and oxygen atoms in total. The molecule has 0 radical (unpaired) electrons. The number of nitrogens with zero attached hydrogens (tertiary/aromatic N) is 2. The number of carbonyl (C=O) groups excluding carboxylic acids is 1. The van der Waals surface area contributed by atoms with Crippen LogP contribution in [0, 0.1) is 13.8 Å². The first-order chi connectivity index (χ1) is 16.6. The Morgan fingerprint density at radius 3 is 2.43 bits per heavy atom. The maximum absolute atomic E-state index is 14.0. The first kappa shape index (κ1) is 23.1. The number of rotatable bonds is 3. The molecule has 1 fully saturated rings. The third-order valence-electron chi connectivity index (χ3n) is 6.97. The Kier molecular flexibility index (Phi) is 5.46. The van der Waals surface area contributed by atoms with E-state index in [2.05, 4.69) is 9.97 Å². The summed E-state index contributed by atoms with van der Waals surface area (Å²) in [6.45, 7) is 6.45. The maximum Gasteiger partial charge on any atom is 0.416 e. The van der Waals surface area contributed by atoms with Gasteiger partial charge >= 0.3 is 6.18 Å². The van der Waals surface area contributed by atoms with E-state index in [4.69, 9.17) is 0 Å². The molecule has 35 heavy (non-hydrogen) atoms. The number of amides is 1. The predicted molar refractivity (Wildman–Crippen MR) is 130 cm³/mol. The summed E-state index contributed by atoms with van der Waals surface area (Å²) in [7, 11) is 0. The minimum atomic E-state index is -4.43. The SMILES string of the molecule is Cc1ccc(-c2ccc(C)cc2C(=O)N2CCC[C@@]2(C)c2nc3ccc(C(F)(F)F)cc3[nH]2)cc1. The molecule has 0 saturated carbocycles. The minimum Gasteiger partial charge on any atom is -0.340 e. The average Bonchev–Trinajstić information content (AvgIpc) is 3.43. The molecule has 180 valence electrons. The number of imidazole rings is 1. The van der Waals surface area contributed by atoms with Crippen LogP contribution in [0.25, 0.3) is 22.2 Å². The molecule has 1 aliphatic heterocycles. The van der Waals surface area contributed by atoms with Crippen molar-refractivity contribution in [3.8, 4) is 11.1 Å². The highest BCUT2D eigenvalue weighted by molar-refractivity contribution is 6.01. The standard InChI is InChI=1S/C28H26F3N3O/c1-17-5-8-19(9-6-17)21-11-7-18(2)15-22(21)25(35)34-14-4-13-27(34,3)26-32-23-12-10-20(28(29,30)31)16-24(23)33-26/h5-12,15-16H,4,13-14H2,1-3H3,(H,32,33)/t27-/m0/s1. The lowest BCUT2D eigenvalue weighted by Gasteiger charge is -2.34. The molecule has 2 heterocycles. The Morgan fingerprint density at radius 1 is 1.00 bits per heavy atom. The number of aromatic amines is 1. The molecule has 5 rings (SSSR count). The fraction of sp³-hybridized carbons (Fsp3) is 0.286. The smallest absolute Gasteiger partial charge is 0.340 e. The lowest BCUT2D eigenvalue weighted by atomic mass is 9.93. The lowest BCUT2D eigenvalue weighted by molar-refractivity contribution is -0.137. The van der Waals surface area contributed by atoms with Gasteiger partial charge in [-0.15, -0.1) is 0 Å². The van der Waals surface area contributed by atoms with E-state index in [1.807, 2.05) is 68.1 Å². The lowest BCUT2D eigenvalue weighted by Crippen LogP contribution is -2.43. The van der Waals surface area contributed by atoms with E-state index in [9.17, 15) is 18.0 Å². The number of H-pyrrole nitrogens is 1. The summed E-state index contributed by atoms with van der Waals surface area (Å²) in [5.41, 5.74) is 3.81. The molecule has 7 heteroatoms. The Morgan fingerprint density at radius 2 is 1.71 bits per heavy atom. The molecule has 0 spiro atoms. The van der Waals surface area contributed by atoms with E-state index in [1.165, 1.54) is 6.07 Å². The van der Waals surface area contributed by atoms with E-state index in [0.717, 1.165) is 40.8 Å². The van der Waals surface area contributed by atoms with Crippen molar-refractivity contribution in [1.82, 2.24) is 14.9 Å². The van der Waals surface area contributed by atoms with Crippen LogP contribution in [-0.4, -0.2) is 27.3 Å². The summed E-state index contributed by atoms with van der Waals surface area (Å²) < 4.78 is 39.6. The molecule has 4 aromatic rings. The van der Waals surface area contributed by atoms with Crippen molar-refractivity contribution in [2.75, 3.05) is 6.54 Å². The molecule has 1 N–H and O–H groups in total. The van der Waals surface area contributed by atoms with Gasteiger partial charge in [0.1, 0.15) is 5.82 Å². The zero-order valence-corrected chi connectivity index (χ0v) is 19.8. The number of hydrogen-bond donors (Lipinski definition) is 1. The van der Waals surface area contributed by atoms with Gasteiger partial charge in [-0.25, -0.2) is 4.98 Å². The van der Waals surface area contributed by atoms with Gasteiger partial charge < -0.3 is 9.88 Å². The van der Waals surface area contributed by atoms with Gasteiger partial charge in [-0.2, -0.15) is 13.2 Å². The van der Waals surface area contributed by atoms with Crippen LogP contribution in [0.4, 0.5) is 13.2 Å². The summed E-state index contributed by atoms with van der Waals surface area (Å²) in [4.78, 5) is 23.5. The summed E-state index contributed by atoms with van der Waals surface area (Å²) >= 11 is 0. The number of aromatic nitrogens is 2. The third kappa shape index (κ3) is 4.09. The Balaban J connectivity index is 1.55. The average molecular weight is 478 g/mol. The van der Waals surface area contributed by atoms with Crippen LogP contribution in [0.2, 0.25) is 0 Å². The summed E-state index contributed by atoms with van der Waals surface area (Å²) in [6.07, 6.45) is -2.99. The van der Waals surface area contributed by atoms with Crippen molar-refractivity contribution in [3.63, 3.8) is 0 Å². The quantitative estimate of drug-likeness (QED) is 0.345. The topological polar surface area (TPSA) is 49.0 Å². The second-order valence-corrected chi connectivity index (χ2v) is 9.56. The highest BCUT2D eigenvalue weighted by Gasteiger charge is 2.44. The van der Waals surface area contributed by atoms with E-state index < -0.39 is 17.3 Å². The van der Waals surface area contributed by atoms with Gasteiger partial charge in [-0.3, -0.25) is 4.79 Å². The zero-order valence-electron chi connectivity index (χ0n) is 19.8. The first-order valence-electron chi connectivity index (χ1n) is 11.6. The second kappa shape index (κ2) is 8.26. The number of halogens is 3. The van der Waals surface area contributed by atoms with Crippen molar-refractivity contribution in [2.45, 2.75) is 45.3 Å². The van der Waals surface area contributed by atoms with Crippen molar-refractivity contribution in [2.24, 2.45) is 0 Å². The minimum absolute atomic E-state index is 0.110. The fourth-order valence-corrected chi connectivity index (χ4v) is 4.94. The second-order valence-electron chi connectivity index (χ2n) is 9.56. The molecular formula is C28H26F3N3O. The van der Waals surface area contributed by atoms with Crippen LogP contribution in [0.1, 0.15) is 52.6 Å². The molecule has 1 amide bonds. The van der Waals surface area contributed by atoms with Crippen LogP contribution >= 0.6 is 0 Å². The van der Waals surface area contributed by atoms with E-state index in [0.29, 0.717) is 35.4 Å². The van der Waals surface area contributed by atoms with Crippen LogP contribution < -0.4 is 0 Å². The summed E-state index contributed by atoms with van der Waals surface area (Å²) in [6, 6.07) is 17.4. The molecule has 3 aromatic carbocycles. The number of carbonyl (C=O) groups is 1. The molecule has 1 atom stereocenters. The number of fused-ring (bicyclic) bond motifs is 1. The van der Waals surface area contributed by atoms with Crippen LogP contribution in [0.3, 0.4) is 0 Å². The van der Waals surface area contributed by atoms with Crippen molar-refractivity contribution < 1.29 is 18.0 Å². The molecular weight excluding hydrogens is 451 g/mol. The van der Waals surface area contributed by atoms with Crippen LogP contribution in [0.15, 0.2) is 60.7 Å².